The summed E-state index contributed by atoms with van der Waals surface area (Å²) in [6.45, 7) is 5.94. The first-order chi connectivity index (χ1) is 13.8. The Hall–Kier alpha value is -2.77. The Morgan fingerprint density at radius 2 is 2.07 bits per heavy atom. The van der Waals surface area contributed by atoms with Crippen LogP contribution in [0.5, 0.6) is 5.75 Å². The standard InChI is InChI=1S/C21H25N5O2/c1-2-10-27-16-5-3-15(4-6-16)18-12-19-20(24-8-7-23-19)21(26-18)25-14-17-13-22-9-11-28-17/h3-8,12,17,22H,2,9-11,13-14H2,1H3,(H,25,26)/t17-/m0/s1. The van der Waals surface area contributed by atoms with Crippen molar-refractivity contribution in [3.8, 4) is 17.0 Å². The Bertz CT molecular complexity index is 910. The Balaban J connectivity index is 1.59. The summed E-state index contributed by atoms with van der Waals surface area (Å²) in [6.07, 6.45) is 4.49. The highest BCUT2D eigenvalue weighted by atomic mass is 16.5. The molecule has 0 aliphatic carbocycles. The van der Waals surface area contributed by atoms with Crippen LogP contribution in [-0.2, 0) is 4.74 Å². The van der Waals surface area contributed by atoms with Gasteiger partial charge in [0, 0.05) is 37.6 Å². The predicted octanol–water partition coefficient (Wildman–Crippen LogP) is 2.88. The lowest BCUT2D eigenvalue weighted by molar-refractivity contribution is 0.0372. The van der Waals surface area contributed by atoms with Crippen molar-refractivity contribution in [1.82, 2.24) is 20.3 Å². The minimum atomic E-state index is 0.112. The summed E-state index contributed by atoms with van der Waals surface area (Å²) in [6, 6.07) is 9.96. The lowest BCUT2D eigenvalue weighted by Gasteiger charge is -2.24. The van der Waals surface area contributed by atoms with Crippen molar-refractivity contribution in [3.63, 3.8) is 0 Å². The maximum atomic E-state index is 5.77. The number of nitrogens with zero attached hydrogens (tertiary/aromatic N) is 3. The number of nitrogens with one attached hydrogen (secondary N) is 2. The molecule has 0 bridgehead atoms. The smallest absolute Gasteiger partial charge is 0.154 e. The van der Waals surface area contributed by atoms with Crippen LogP contribution in [0.25, 0.3) is 22.3 Å². The fourth-order valence-corrected chi connectivity index (χ4v) is 3.15. The van der Waals surface area contributed by atoms with Gasteiger partial charge in [0.05, 0.1) is 30.5 Å². The quantitative estimate of drug-likeness (QED) is 0.653. The number of hydrogen-bond acceptors (Lipinski definition) is 7. The molecule has 2 N–H and O–H groups in total. The molecule has 3 heterocycles. The first-order valence-electron chi connectivity index (χ1n) is 9.74. The maximum absolute atomic E-state index is 5.77. The number of morpholine rings is 1. The number of benzene rings is 1. The van der Waals surface area contributed by atoms with E-state index in [-0.39, 0.29) is 6.10 Å². The number of anilines is 1. The van der Waals surface area contributed by atoms with Crippen LogP contribution in [-0.4, -0.2) is 53.9 Å². The van der Waals surface area contributed by atoms with Crippen LogP contribution >= 0.6 is 0 Å². The van der Waals surface area contributed by atoms with Gasteiger partial charge in [-0.15, -0.1) is 0 Å². The zero-order valence-electron chi connectivity index (χ0n) is 16.0. The maximum Gasteiger partial charge on any atom is 0.154 e. The summed E-state index contributed by atoms with van der Waals surface area (Å²) in [7, 11) is 0. The predicted molar refractivity (Wildman–Crippen MR) is 110 cm³/mol. The van der Waals surface area contributed by atoms with E-state index in [1.807, 2.05) is 30.3 Å². The topological polar surface area (TPSA) is 81.2 Å². The summed E-state index contributed by atoms with van der Waals surface area (Å²) in [4.78, 5) is 13.8. The minimum absolute atomic E-state index is 0.112. The van der Waals surface area contributed by atoms with E-state index >= 15 is 0 Å². The SMILES string of the molecule is CCCOc1ccc(-c2cc3nccnc3c(NC[C@@H]3CNCCO3)n2)cc1. The second-order valence-electron chi connectivity index (χ2n) is 6.73. The second kappa shape index (κ2) is 8.95. The van der Waals surface area contributed by atoms with Crippen molar-refractivity contribution >= 4 is 16.9 Å². The normalized spacial score (nSPS) is 16.8. The van der Waals surface area contributed by atoms with Crippen molar-refractivity contribution in [3.05, 3.63) is 42.7 Å². The molecule has 0 unspecified atom stereocenters. The van der Waals surface area contributed by atoms with E-state index in [0.717, 1.165) is 66.6 Å². The molecular formula is C21H25N5O2. The minimum Gasteiger partial charge on any atom is -0.494 e. The summed E-state index contributed by atoms with van der Waals surface area (Å²) in [5.74, 6) is 1.59. The van der Waals surface area contributed by atoms with E-state index in [1.165, 1.54) is 0 Å². The van der Waals surface area contributed by atoms with Gasteiger partial charge in [-0.25, -0.2) is 9.97 Å². The highest BCUT2D eigenvalue weighted by Crippen LogP contribution is 2.27. The largest absolute Gasteiger partial charge is 0.494 e. The lowest BCUT2D eigenvalue weighted by atomic mass is 10.1. The lowest BCUT2D eigenvalue weighted by Crippen LogP contribution is -2.42. The first kappa shape index (κ1) is 18.6. The molecule has 3 aromatic rings. The number of ether oxygens (including phenoxy) is 2. The summed E-state index contributed by atoms with van der Waals surface area (Å²) in [5, 5.41) is 6.74. The van der Waals surface area contributed by atoms with Gasteiger partial charge in [-0.2, -0.15) is 0 Å². The molecule has 7 nitrogen and oxygen atoms in total. The molecule has 0 spiro atoms. The summed E-state index contributed by atoms with van der Waals surface area (Å²) < 4.78 is 11.4. The molecule has 0 amide bonds. The summed E-state index contributed by atoms with van der Waals surface area (Å²) >= 11 is 0. The molecule has 1 aliphatic rings. The van der Waals surface area contributed by atoms with Crippen LogP contribution in [0, 0.1) is 0 Å². The average molecular weight is 379 g/mol. The fraction of sp³-hybridized carbons (Fsp3) is 0.381. The molecule has 28 heavy (non-hydrogen) atoms. The zero-order valence-corrected chi connectivity index (χ0v) is 16.0. The molecule has 1 aliphatic heterocycles. The molecule has 7 heteroatoms. The molecular weight excluding hydrogens is 354 g/mol. The van der Waals surface area contributed by atoms with Gasteiger partial charge in [0.1, 0.15) is 11.3 Å². The molecule has 1 aromatic carbocycles. The van der Waals surface area contributed by atoms with Gasteiger partial charge in [0.15, 0.2) is 5.82 Å². The van der Waals surface area contributed by atoms with E-state index in [0.29, 0.717) is 6.54 Å². The monoisotopic (exact) mass is 379 g/mol. The Labute approximate surface area is 164 Å². The van der Waals surface area contributed by atoms with Crippen molar-refractivity contribution in [2.24, 2.45) is 0 Å². The highest BCUT2D eigenvalue weighted by Gasteiger charge is 2.15. The van der Waals surface area contributed by atoms with Crippen LogP contribution in [0.4, 0.5) is 5.82 Å². The fourth-order valence-electron chi connectivity index (χ4n) is 3.15. The van der Waals surface area contributed by atoms with Crippen LogP contribution < -0.4 is 15.4 Å². The molecule has 0 radical (unpaired) electrons. The van der Waals surface area contributed by atoms with E-state index in [1.54, 1.807) is 12.4 Å². The molecule has 4 rings (SSSR count). The van der Waals surface area contributed by atoms with Gasteiger partial charge >= 0.3 is 0 Å². The van der Waals surface area contributed by atoms with Crippen LogP contribution in [0.15, 0.2) is 42.7 Å². The molecule has 1 saturated heterocycles. The average Bonchev–Trinajstić information content (AvgIpc) is 2.77. The van der Waals surface area contributed by atoms with Crippen LogP contribution in [0.1, 0.15) is 13.3 Å². The van der Waals surface area contributed by atoms with E-state index < -0.39 is 0 Å². The number of pyridine rings is 1. The third-order valence-electron chi connectivity index (χ3n) is 4.58. The number of hydrogen-bond donors (Lipinski definition) is 2. The third kappa shape index (κ3) is 4.37. The third-order valence-corrected chi connectivity index (χ3v) is 4.58. The van der Waals surface area contributed by atoms with Gasteiger partial charge in [-0.1, -0.05) is 6.92 Å². The first-order valence-corrected chi connectivity index (χ1v) is 9.74. The zero-order chi connectivity index (χ0) is 19.2. The van der Waals surface area contributed by atoms with Gasteiger partial charge in [-0.3, -0.25) is 4.98 Å². The Morgan fingerprint density at radius 3 is 2.86 bits per heavy atom. The number of fused-ring (bicyclic) bond motifs is 1. The van der Waals surface area contributed by atoms with E-state index in [9.17, 15) is 0 Å². The molecule has 146 valence electrons. The van der Waals surface area contributed by atoms with Crippen LogP contribution in [0.3, 0.4) is 0 Å². The molecule has 2 aromatic heterocycles. The molecule has 0 saturated carbocycles. The van der Waals surface area contributed by atoms with Crippen molar-refractivity contribution in [2.45, 2.75) is 19.4 Å². The van der Waals surface area contributed by atoms with E-state index in [4.69, 9.17) is 14.5 Å². The van der Waals surface area contributed by atoms with Gasteiger partial charge in [0.2, 0.25) is 0 Å². The van der Waals surface area contributed by atoms with Gasteiger partial charge < -0.3 is 20.1 Å². The highest BCUT2D eigenvalue weighted by molar-refractivity contribution is 5.88. The van der Waals surface area contributed by atoms with Crippen molar-refractivity contribution in [1.29, 1.82) is 0 Å². The molecule has 1 fully saturated rings. The number of rotatable bonds is 7. The Kier molecular flexibility index (Phi) is 5.94. The van der Waals surface area contributed by atoms with Crippen molar-refractivity contribution < 1.29 is 9.47 Å². The van der Waals surface area contributed by atoms with Crippen molar-refractivity contribution in [2.75, 3.05) is 38.2 Å². The van der Waals surface area contributed by atoms with E-state index in [2.05, 4.69) is 27.5 Å². The van der Waals surface area contributed by atoms with Crippen LogP contribution in [0.2, 0.25) is 0 Å². The molecule has 1 atom stereocenters. The Morgan fingerprint density at radius 1 is 1.21 bits per heavy atom. The number of aromatic nitrogens is 3. The summed E-state index contributed by atoms with van der Waals surface area (Å²) in [5.41, 5.74) is 3.43. The van der Waals surface area contributed by atoms with Gasteiger partial charge in [-0.05, 0) is 36.8 Å². The second-order valence-corrected chi connectivity index (χ2v) is 6.73. The van der Waals surface area contributed by atoms with Gasteiger partial charge in [0.25, 0.3) is 0 Å².